The number of thioether (sulfide) groups is 1. The second-order valence-electron chi connectivity index (χ2n) is 9.23. The molecule has 2 saturated heterocycles. The number of carbonyl (C=O) groups excluding carboxylic acids is 3. The lowest BCUT2D eigenvalue weighted by molar-refractivity contribution is -0.136. The van der Waals surface area contributed by atoms with Crippen LogP contribution >= 0.6 is 11.8 Å². The number of fused-ring (bicyclic) bond motifs is 2. The largest absolute Gasteiger partial charge is 0.484 e. The van der Waals surface area contributed by atoms with Crippen LogP contribution in [-0.4, -0.2) is 76.0 Å². The van der Waals surface area contributed by atoms with E-state index in [1.165, 1.54) is 16.7 Å². The number of carboxylic acid groups (broad SMARTS) is 1. The van der Waals surface area contributed by atoms with Crippen molar-refractivity contribution in [1.82, 2.24) is 9.80 Å². The van der Waals surface area contributed by atoms with Crippen molar-refractivity contribution < 1.29 is 29.0 Å². The van der Waals surface area contributed by atoms with Gasteiger partial charge in [0, 0.05) is 62.3 Å². The van der Waals surface area contributed by atoms with Crippen LogP contribution in [0.2, 0.25) is 0 Å². The van der Waals surface area contributed by atoms with Crippen LogP contribution < -0.4 is 0 Å². The monoisotopic (exact) mass is 470 g/mol. The van der Waals surface area contributed by atoms with Gasteiger partial charge in [0.25, 0.3) is 0 Å². The maximum atomic E-state index is 12.9. The molecule has 3 heterocycles. The molecule has 0 bridgehead atoms. The van der Waals surface area contributed by atoms with E-state index in [1.807, 2.05) is 17.0 Å². The van der Waals surface area contributed by atoms with Gasteiger partial charge in [-0.25, -0.2) is 4.79 Å². The molecule has 1 N–H and O–H groups in total. The standard InChI is InChI=1S/C24H26N2O6S/c27-18(13-15-5-9-26(10-6-15)23(30)31)25-11-7-24(8-12-25)14-33-22-20(29)19(28)16-3-1-2-4-17(16)21(22)32-24/h1-4,15H,5-14H2,(H,30,31). The molecule has 3 aliphatic heterocycles. The highest BCUT2D eigenvalue weighted by molar-refractivity contribution is 8.04. The van der Waals surface area contributed by atoms with Gasteiger partial charge in [0.1, 0.15) is 16.3 Å². The maximum Gasteiger partial charge on any atom is 0.407 e. The number of hydrogen-bond acceptors (Lipinski definition) is 6. The first-order valence-electron chi connectivity index (χ1n) is 11.4. The van der Waals surface area contributed by atoms with Gasteiger partial charge in [-0.1, -0.05) is 24.3 Å². The molecule has 8 nitrogen and oxygen atoms in total. The molecule has 5 rings (SSSR count). The molecule has 0 aromatic heterocycles. The summed E-state index contributed by atoms with van der Waals surface area (Å²) in [6, 6.07) is 7.07. The van der Waals surface area contributed by atoms with Gasteiger partial charge < -0.3 is 19.6 Å². The molecule has 1 aromatic carbocycles. The molecule has 1 aromatic rings. The predicted molar refractivity (Wildman–Crippen MR) is 122 cm³/mol. The van der Waals surface area contributed by atoms with Crippen molar-refractivity contribution in [2.24, 2.45) is 5.92 Å². The first kappa shape index (κ1) is 22.0. The van der Waals surface area contributed by atoms with E-state index < -0.39 is 23.3 Å². The van der Waals surface area contributed by atoms with E-state index in [2.05, 4.69) is 0 Å². The summed E-state index contributed by atoms with van der Waals surface area (Å²) < 4.78 is 6.46. The van der Waals surface area contributed by atoms with Crippen LogP contribution in [0.25, 0.3) is 5.76 Å². The zero-order valence-corrected chi connectivity index (χ0v) is 19.1. The summed E-state index contributed by atoms with van der Waals surface area (Å²) in [5.41, 5.74) is 0.608. The van der Waals surface area contributed by atoms with E-state index in [4.69, 9.17) is 9.84 Å². The number of benzene rings is 1. The highest BCUT2D eigenvalue weighted by Gasteiger charge is 2.46. The molecule has 0 atom stereocenters. The number of likely N-dealkylation sites (tertiary alicyclic amines) is 2. The van der Waals surface area contributed by atoms with E-state index in [1.54, 1.807) is 12.1 Å². The van der Waals surface area contributed by atoms with Crippen LogP contribution in [0.3, 0.4) is 0 Å². The Morgan fingerprint density at radius 1 is 1.00 bits per heavy atom. The number of allylic oxidation sites excluding steroid dienone is 1. The summed E-state index contributed by atoms with van der Waals surface area (Å²) in [5, 5.41) is 9.08. The Hall–Kier alpha value is -2.81. The molecule has 1 spiro atoms. The van der Waals surface area contributed by atoms with Crippen LogP contribution in [-0.2, 0) is 14.3 Å². The summed E-state index contributed by atoms with van der Waals surface area (Å²) in [7, 11) is 0. The number of piperidine rings is 2. The molecular formula is C24H26N2O6S. The van der Waals surface area contributed by atoms with Crippen LogP contribution in [0.1, 0.15) is 48.0 Å². The second-order valence-corrected chi connectivity index (χ2v) is 10.2. The first-order valence-corrected chi connectivity index (χ1v) is 12.4. The zero-order valence-electron chi connectivity index (χ0n) is 18.2. The summed E-state index contributed by atoms with van der Waals surface area (Å²) >= 11 is 1.40. The lowest BCUT2D eigenvalue weighted by Gasteiger charge is -2.45. The number of ether oxygens (including phenoxy) is 1. The minimum atomic E-state index is -0.892. The fraction of sp³-hybridized carbons (Fsp3) is 0.500. The molecule has 0 unspecified atom stereocenters. The van der Waals surface area contributed by atoms with Crippen molar-refractivity contribution in [2.45, 2.75) is 37.7 Å². The van der Waals surface area contributed by atoms with Gasteiger partial charge >= 0.3 is 6.09 Å². The fourth-order valence-corrected chi connectivity index (χ4v) is 6.39. The summed E-state index contributed by atoms with van der Waals surface area (Å²) in [5.74, 6) is 0.460. The average Bonchev–Trinajstić information content (AvgIpc) is 2.83. The topological polar surface area (TPSA) is 104 Å². The van der Waals surface area contributed by atoms with Gasteiger partial charge in [-0.2, -0.15) is 0 Å². The van der Waals surface area contributed by atoms with Crippen molar-refractivity contribution in [3.8, 4) is 0 Å². The third-order valence-corrected chi connectivity index (χ3v) is 8.54. The molecule has 0 radical (unpaired) electrons. The number of hydrogen-bond donors (Lipinski definition) is 1. The van der Waals surface area contributed by atoms with Crippen molar-refractivity contribution in [3.63, 3.8) is 0 Å². The Morgan fingerprint density at radius 3 is 2.33 bits per heavy atom. The minimum Gasteiger partial charge on any atom is -0.484 e. The Kier molecular flexibility index (Phi) is 5.68. The quantitative estimate of drug-likeness (QED) is 0.663. The van der Waals surface area contributed by atoms with E-state index >= 15 is 0 Å². The van der Waals surface area contributed by atoms with E-state index in [-0.39, 0.29) is 11.8 Å². The van der Waals surface area contributed by atoms with Crippen LogP contribution in [0, 0.1) is 5.92 Å². The average molecular weight is 471 g/mol. The van der Waals surface area contributed by atoms with E-state index in [9.17, 15) is 19.2 Å². The predicted octanol–water partition coefficient (Wildman–Crippen LogP) is 3.03. The Balaban J connectivity index is 1.22. The van der Waals surface area contributed by atoms with Crippen LogP contribution in [0.4, 0.5) is 4.79 Å². The number of ketones is 2. The molecule has 2 amide bonds. The third-order valence-electron chi connectivity index (χ3n) is 7.21. The molecule has 9 heteroatoms. The van der Waals surface area contributed by atoms with Gasteiger partial charge in [0.05, 0.1) is 0 Å². The minimum absolute atomic E-state index is 0.116. The Bertz CT molecular complexity index is 1050. The Labute approximate surface area is 195 Å². The number of Topliss-reactive ketones (excluding diaryl/α,β-unsaturated/α-hetero) is 2. The first-order chi connectivity index (χ1) is 15.9. The summed E-state index contributed by atoms with van der Waals surface area (Å²) in [6.45, 7) is 2.15. The smallest absolute Gasteiger partial charge is 0.407 e. The van der Waals surface area contributed by atoms with Crippen LogP contribution in [0.5, 0.6) is 0 Å². The Morgan fingerprint density at radius 2 is 1.67 bits per heavy atom. The van der Waals surface area contributed by atoms with Crippen molar-refractivity contribution in [2.75, 3.05) is 31.9 Å². The second kappa shape index (κ2) is 8.52. The van der Waals surface area contributed by atoms with Gasteiger partial charge in [-0.3, -0.25) is 14.4 Å². The molecule has 4 aliphatic rings. The van der Waals surface area contributed by atoms with Crippen LogP contribution in [0.15, 0.2) is 29.2 Å². The SMILES string of the molecule is O=C1C(=O)c2ccccc2C2=C1SCC1(CCN(C(=O)CC3CCN(C(=O)O)CC3)CC1)O2. The zero-order chi connectivity index (χ0) is 23.2. The number of rotatable bonds is 2. The van der Waals surface area contributed by atoms with Gasteiger partial charge in [0.15, 0.2) is 0 Å². The maximum absolute atomic E-state index is 12.9. The summed E-state index contributed by atoms with van der Waals surface area (Å²) in [6.07, 6.45) is 2.35. The lowest BCUT2D eigenvalue weighted by Crippen LogP contribution is -2.51. The van der Waals surface area contributed by atoms with Crippen molar-refractivity contribution in [1.29, 1.82) is 0 Å². The van der Waals surface area contributed by atoms with E-state index in [0.29, 0.717) is 73.0 Å². The lowest BCUT2D eigenvalue weighted by atomic mass is 9.89. The van der Waals surface area contributed by atoms with Gasteiger partial charge in [-0.15, -0.1) is 11.8 Å². The van der Waals surface area contributed by atoms with E-state index in [0.717, 1.165) is 12.8 Å². The molecule has 33 heavy (non-hydrogen) atoms. The van der Waals surface area contributed by atoms with Crippen molar-refractivity contribution >= 4 is 41.1 Å². The van der Waals surface area contributed by atoms with Gasteiger partial charge in [0.2, 0.25) is 17.5 Å². The van der Waals surface area contributed by atoms with Crippen molar-refractivity contribution in [3.05, 3.63) is 40.3 Å². The highest BCUT2D eigenvalue weighted by atomic mass is 32.2. The molecule has 1 aliphatic carbocycles. The number of amides is 2. The molecule has 0 saturated carbocycles. The molecular weight excluding hydrogens is 444 g/mol. The fourth-order valence-electron chi connectivity index (χ4n) is 5.13. The van der Waals surface area contributed by atoms with Gasteiger partial charge in [-0.05, 0) is 18.8 Å². The summed E-state index contributed by atoms with van der Waals surface area (Å²) in [4.78, 5) is 52.7. The highest BCUT2D eigenvalue weighted by Crippen LogP contribution is 2.47. The molecule has 2 fully saturated rings. The number of nitrogens with zero attached hydrogens (tertiary/aromatic N) is 2. The normalized spacial score (nSPS) is 22.7. The third kappa shape index (κ3) is 4.03. The molecule has 174 valence electrons. The number of carbonyl (C=O) groups is 4.